The Kier molecular flexibility index (Phi) is 5.89. The molecular weight excluding hydrogens is 337 g/mol. The number of fused-ring (bicyclic) bond motifs is 1. The van der Waals surface area contributed by atoms with Crippen molar-refractivity contribution in [2.75, 3.05) is 25.4 Å². The summed E-state index contributed by atoms with van der Waals surface area (Å²) < 4.78 is 18.8. The number of benzene rings is 1. The highest BCUT2D eigenvalue weighted by Crippen LogP contribution is 2.52. The molecule has 6 heteroatoms. The van der Waals surface area contributed by atoms with Crippen LogP contribution in [0.25, 0.3) is 0 Å². The number of thioether (sulfide) groups is 1. The summed E-state index contributed by atoms with van der Waals surface area (Å²) in [5, 5.41) is 6.97. The third-order valence-corrected chi connectivity index (χ3v) is 6.17. The third-order valence-electron chi connectivity index (χ3n) is 5.18. The highest BCUT2D eigenvalue weighted by atomic mass is 32.2. The van der Waals surface area contributed by atoms with Gasteiger partial charge in [0, 0.05) is 41.2 Å². The zero-order chi connectivity index (χ0) is 17.9. The number of halogens is 1. The lowest BCUT2D eigenvalue weighted by atomic mass is 9.57. The van der Waals surface area contributed by atoms with E-state index in [9.17, 15) is 4.39 Å². The summed E-state index contributed by atoms with van der Waals surface area (Å²) in [6, 6.07) is 7.02. The number of nitrogens with one attached hydrogen (secondary N) is 2. The molecule has 0 spiro atoms. The van der Waals surface area contributed by atoms with Crippen molar-refractivity contribution < 1.29 is 9.13 Å². The van der Waals surface area contributed by atoms with Crippen LogP contribution in [0.15, 0.2) is 34.2 Å². The van der Waals surface area contributed by atoms with Gasteiger partial charge in [0.1, 0.15) is 5.82 Å². The van der Waals surface area contributed by atoms with E-state index in [1.807, 2.05) is 12.1 Å². The van der Waals surface area contributed by atoms with E-state index in [1.165, 1.54) is 12.1 Å². The van der Waals surface area contributed by atoms with Gasteiger partial charge in [0.05, 0.1) is 12.6 Å². The van der Waals surface area contributed by atoms with Crippen LogP contribution in [0.5, 0.6) is 0 Å². The minimum atomic E-state index is -0.196. The Morgan fingerprint density at radius 1 is 1.36 bits per heavy atom. The Morgan fingerprint density at radius 3 is 2.84 bits per heavy atom. The molecule has 1 aliphatic heterocycles. The molecule has 1 aromatic carbocycles. The lowest BCUT2D eigenvalue weighted by molar-refractivity contribution is -0.106. The molecule has 1 saturated carbocycles. The van der Waals surface area contributed by atoms with Crippen LogP contribution in [0.2, 0.25) is 0 Å². The van der Waals surface area contributed by atoms with Gasteiger partial charge >= 0.3 is 0 Å². The number of hydrogen-bond donors (Lipinski definition) is 2. The molecule has 138 valence electrons. The monoisotopic (exact) mass is 365 g/mol. The number of ether oxygens (including phenoxy) is 1. The summed E-state index contributed by atoms with van der Waals surface area (Å²) in [6.07, 6.45) is 1.51. The molecular formula is C19H28FN3OS. The molecule has 3 unspecified atom stereocenters. The van der Waals surface area contributed by atoms with Crippen molar-refractivity contribution in [1.82, 2.24) is 10.6 Å². The highest BCUT2D eigenvalue weighted by molar-refractivity contribution is 7.99. The summed E-state index contributed by atoms with van der Waals surface area (Å²) in [4.78, 5) is 5.78. The Hall–Kier alpha value is -1.27. The van der Waals surface area contributed by atoms with E-state index in [2.05, 4.69) is 31.4 Å². The van der Waals surface area contributed by atoms with Crippen LogP contribution in [-0.2, 0) is 4.74 Å². The maximum atomic E-state index is 12.9. The fourth-order valence-corrected chi connectivity index (χ4v) is 4.68. The molecule has 1 heterocycles. The van der Waals surface area contributed by atoms with Gasteiger partial charge in [-0.1, -0.05) is 13.8 Å². The summed E-state index contributed by atoms with van der Waals surface area (Å²) in [5.41, 5.74) is 0.139. The van der Waals surface area contributed by atoms with Crippen molar-refractivity contribution in [3.63, 3.8) is 0 Å². The second-order valence-electron chi connectivity index (χ2n) is 7.25. The minimum Gasteiger partial charge on any atom is -0.377 e. The number of rotatable bonds is 6. The molecule has 3 atom stereocenters. The molecule has 4 nitrogen and oxygen atoms in total. The number of nitrogens with zero attached hydrogens (tertiary/aromatic N) is 1. The van der Waals surface area contributed by atoms with Crippen molar-refractivity contribution in [1.29, 1.82) is 0 Å². The molecule has 2 aliphatic rings. The fraction of sp³-hybridized carbons (Fsp3) is 0.632. The van der Waals surface area contributed by atoms with Gasteiger partial charge in [0.2, 0.25) is 0 Å². The van der Waals surface area contributed by atoms with Gasteiger partial charge in [-0.15, -0.1) is 11.8 Å². The van der Waals surface area contributed by atoms with Crippen molar-refractivity contribution >= 4 is 17.7 Å². The third kappa shape index (κ3) is 4.11. The topological polar surface area (TPSA) is 45.7 Å². The summed E-state index contributed by atoms with van der Waals surface area (Å²) in [7, 11) is 0. The zero-order valence-electron chi connectivity index (χ0n) is 15.2. The molecule has 0 bridgehead atoms. The first kappa shape index (κ1) is 18.5. The normalized spacial score (nSPS) is 27.5. The maximum Gasteiger partial charge on any atom is 0.191 e. The highest BCUT2D eigenvalue weighted by Gasteiger charge is 2.59. The average molecular weight is 366 g/mol. The predicted octanol–water partition coefficient (Wildman–Crippen LogP) is 3.29. The Balaban J connectivity index is 1.52. The van der Waals surface area contributed by atoms with Crippen molar-refractivity contribution in [2.24, 2.45) is 16.3 Å². The lowest BCUT2D eigenvalue weighted by Crippen LogP contribution is -2.68. The molecule has 25 heavy (non-hydrogen) atoms. The first-order chi connectivity index (χ1) is 12.0. The first-order valence-electron chi connectivity index (χ1n) is 9.07. The van der Waals surface area contributed by atoms with E-state index in [-0.39, 0.29) is 11.2 Å². The fourth-order valence-electron chi connectivity index (χ4n) is 3.94. The molecule has 2 N–H and O–H groups in total. The molecule has 3 rings (SSSR count). The number of hydrogen-bond acceptors (Lipinski definition) is 3. The van der Waals surface area contributed by atoms with E-state index in [4.69, 9.17) is 9.73 Å². The largest absolute Gasteiger partial charge is 0.377 e. The molecule has 1 aliphatic carbocycles. The standard InChI is InChI=1S/C19H28FN3OS/c1-4-21-18(22-10-12-25-14-7-5-13(20)6-8-14)23-16-15-9-11-24-17(15)19(16,2)3/h5-8,15-17H,4,9-12H2,1-3H3,(H2,21,22,23). The van der Waals surface area contributed by atoms with Gasteiger partial charge in [-0.05, 0) is 37.6 Å². The van der Waals surface area contributed by atoms with Crippen LogP contribution in [0.1, 0.15) is 27.2 Å². The van der Waals surface area contributed by atoms with Gasteiger partial charge < -0.3 is 15.4 Å². The van der Waals surface area contributed by atoms with Crippen molar-refractivity contribution in [3.05, 3.63) is 30.1 Å². The van der Waals surface area contributed by atoms with Crippen LogP contribution >= 0.6 is 11.8 Å². The van der Waals surface area contributed by atoms with Gasteiger partial charge in [0.25, 0.3) is 0 Å². The minimum absolute atomic E-state index is 0.139. The second-order valence-corrected chi connectivity index (χ2v) is 8.42. The van der Waals surface area contributed by atoms with E-state index in [0.29, 0.717) is 18.1 Å². The molecule has 1 aromatic rings. The number of guanidine groups is 1. The average Bonchev–Trinajstić information content (AvgIpc) is 3.05. The maximum absolute atomic E-state index is 12.9. The molecule has 2 fully saturated rings. The van der Waals surface area contributed by atoms with Gasteiger partial charge in [-0.3, -0.25) is 4.99 Å². The van der Waals surface area contributed by atoms with Crippen LogP contribution < -0.4 is 10.6 Å². The molecule has 1 saturated heterocycles. The van der Waals surface area contributed by atoms with Gasteiger partial charge in [-0.25, -0.2) is 4.39 Å². The molecule has 0 radical (unpaired) electrons. The van der Waals surface area contributed by atoms with E-state index in [0.717, 1.165) is 42.7 Å². The lowest BCUT2D eigenvalue weighted by Gasteiger charge is -2.54. The van der Waals surface area contributed by atoms with Crippen LogP contribution in [-0.4, -0.2) is 43.6 Å². The SMILES string of the molecule is CCNC(=NCCSc1ccc(F)cc1)NC1C2CCOC2C1(C)C. The van der Waals surface area contributed by atoms with E-state index >= 15 is 0 Å². The van der Waals surface area contributed by atoms with Gasteiger partial charge in [-0.2, -0.15) is 0 Å². The van der Waals surface area contributed by atoms with Crippen molar-refractivity contribution in [2.45, 2.75) is 44.2 Å². The smallest absolute Gasteiger partial charge is 0.191 e. The predicted molar refractivity (Wildman–Crippen MR) is 102 cm³/mol. The van der Waals surface area contributed by atoms with Crippen LogP contribution in [0, 0.1) is 17.2 Å². The Bertz CT molecular complexity index is 605. The zero-order valence-corrected chi connectivity index (χ0v) is 16.0. The Labute approximate surface area is 154 Å². The number of aliphatic imine (C=N–C) groups is 1. The van der Waals surface area contributed by atoms with Gasteiger partial charge in [0.15, 0.2) is 5.96 Å². The summed E-state index contributed by atoms with van der Waals surface area (Å²) in [6.45, 7) is 9.05. The Morgan fingerprint density at radius 2 is 2.12 bits per heavy atom. The van der Waals surface area contributed by atoms with E-state index in [1.54, 1.807) is 11.8 Å². The molecule has 0 aromatic heterocycles. The van der Waals surface area contributed by atoms with Crippen molar-refractivity contribution in [3.8, 4) is 0 Å². The van der Waals surface area contributed by atoms with Crippen LogP contribution in [0.4, 0.5) is 4.39 Å². The molecule has 0 amide bonds. The summed E-state index contributed by atoms with van der Waals surface area (Å²) in [5.74, 6) is 2.14. The first-order valence-corrected chi connectivity index (χ1v) is 10.1. The van der Waals surface area contributed by atoms with E-state index < -0.39 is 0 Å². The summed E-state index contributed by atoms with van der Waals surface area (Å²) >= 11 is 1.69. The van der Waals surface area contributed by atoms with Crippen LogP contribution in [0.3, 0.4) is 0 Å². The second kappa shape index (κ2) is 7.96. The quantitative estimate of drug-likeness (QED) is 0.351.